The minimum atomic E-state index is 0.134. The molecule has 27 heavy (non-hydrogen) atoms. The minimum absolute atomic E-state index is 0.134. The number of nitrogens with zero attached hydrogens (tertiary/aromatic N) is 2. The molecule has 0 spiro atoms. The maximum atomic E-state index is 5.35. The van der Waals surface area contributed by atoms with Crippen molar-refractivity contribution >= 4 is 17.5 Å². The molecule has 0 bridgehead atoms. The topological polar surface area (TPSA) is 68.3 Å². The largest absolute Gasteiger partial charge is 0.493 e. The highest BCUT2D eigenvalue weighted by atomic mass is 16.5. The van der Waals surface area contributed by atoms with Crippen molar-refractivity contribution in [1.82, 2.24) is 9.97 Å². The van der Waals surface area contributed by atoms with E-state index in [9.17, 15) is 0 Å². The van der Waals surface area contributed by atoms with Gasteiger partial charge in [-0.3, -0.25) is 0 Å². The molecule has 1 aromatic heterocycles. The highest BCUT2D eigenvalue weighted by Crippen LogP contribution is 2.31. The maximum Gasteiger partial charge on any atom is 0.229 e. The van der Waals surface area contributed by atoms with Crippen molar-refractivity contribution < 1.29 is 9.47 Å². The van der Waals surface area contributed by atoms with Crippen LogP contribution in [0.4, 0.5) is 17.5 Å². The zero-order valence-electron chi connectivity index (χ0n) is 16.0. The van der Waals surface area contributed by atoms with E-state index in [1.807, 2.05) is 49.4 Å². The van der Waals surface area contributed by atoms with Crippen LogP contribution < -0.4 is 20.1 Å². The molecule has 140 valence electrons. The summed E-state index contributed by atoms with van der Waals surface area (Å²) >= 11 is 0. The molecule has 1 unspecified atom stereocenters. The molecule has 6 nitrogen and oxygen atoms in total. The Bertz CT molecular complexity index is 900. The van der Waals surface area contributed by atoms with Crippen LogP contribution in [0.25, 0.3) is 0 Å². The number of aromatic nitrogens is 2. The number of hydrogen-bond acceptors (Lipinski definition) is 6. The lowest BCUT2D eigenvalue weighted by Gasteiger charge is -2.16. The molecule has 0 aliphatic rings. The van der Waals surface area contributed by atoms with Gasteiger partial charge in [-0.05, 0) is 31.5 Å². The Morgan fingerprint density at radius 1 is 0.889 bits per heavy atom. The summed E-state index contributed by atoms with van der Waals surface area (Å²) in [4.78, 5) is 9.06. The Morgan fingerprint density at radius 3 is 2.33 bits per heavy atom. The number of ether oxygens (including phenoxy) is 2. The molecule has 0 radical (unpaired) electrons. The quantitative estimate of drug-likeness (QED) is 0.632. The summed E-state index contributed by atoms with van der Waals surface area (Å²) in [7, 11) is 3.22. The minimum Gasteiger partial charge on any atom is -0.493 e. The second kappa shape index (κ2) is 8.40. The summed E-state index contributed by atoms with van der Waals surface area (Å²) in [6, 6.07) is 17.9. The van der Waals surface area contributed by atoms with Crippen LogP contribution in [-0.2, 0) is 0 Å². The highest BCUT2D eigenvalue weighted by Gasteiger charge is 2.10. The van der Waals surface area contributed by atoms with Gasteiger partial charge in [0.25, 0.3) is 0 Å². The van der Waals surface area contributed by atoms with Gasteiger partial charge < -0.3 is 20.1 Å². The second-order valence-corrected chi connectivity index (χ2v) is 6.19. The van der Waals surface area contributed by atoms with Gasteiger partial charge in [0, 0.05) is 29.6 Å². The first-order valence-corrected chi connectivity index (χ1v) is 8.75. The van der Waals surface area contributed by atoms with Crippen LogP contribution in [0.2, 0.25) is 0 Å². The molecular weight excluding hydrogens is 340 g/mol. The Morgan fingerprint density at radius 2 is 1.63 bits per heavy atom. The van der Waals surface area contributed by atoms with Gasteiger partial charge in [0.15, 0.2) is 11.5 Å². The first kappa shape index (κ1) is 18.5. The number of methoxy groups -OCH3 is 2. The third kappa shape index (κ3) is 4.67. The van der Waals surface area contributed by atoms with Crippen molar-refractivity contribution in [1.29, 1.82) is 0 Å². The standard InChI is InChI=1S/C21H24N4O2/c1-14-12-20(23-15(2)16-8-6-5-7-9-16)25-21(22-14)24-17-10-11-18(26-3)19(13-17)27-4/h5-13,15H,1-4H3,(H2,22,23,24,25). The first-order chi connectivity index (χ1) is 13.1. The fraction of sp³-hybridized carbons (Fsp3) is 0.238. The Balaban J connectivity index is 1.79. The summed E-state index contributed by atoms with van der Waals surface area (Å²) < 4.78 is 10.6. The van der Waals surface area contributed by atoms with Crippen molar-refractivity contribution in [2.45, 2.75) is 19.9 Å². The van der Waals surface area contributed by atoms with E-state index in [0.29, 0.717) is 17.4 Å². The van der Waals surface area contributed by atoms with Gasteiger partial charge in [0.1, 0.15) is 5.82 Å². The third-order valence-electron chi connectivity index (χ3n) is 4.16. The van der Waals surface area contributed by atoms with Crippen molar-refractivity contribution in [3.05, 3.63) is 65.9 Å². The van der Waals surface area contributed by atoms with Crippen LogP contribution in [0.5, 0.6) is 11.5 Å². The van der Waals surface area contributed by atoms with E-state index >= 15 is 0 Å². The van der Waals surface area contributed by atoms with Crippen LogP contribution in [0.15, 0.2) is 54.6 Å². The zero-order valence-corrected chi connectivity index (χ0v) is 16.0. The number of nitrogens with one attached hydrogen (secondary N) is 2. The Labute approximate surface area is 159 Å². The van der Waals surface area contributed by atoms with Crippen molar-refractivity contribution in [3.63, 3.8) is 0 Å². The zero-order chi connectivity index (χ0) is 19.2. The average molecular weight is 364 g/mol. The molecule has 0 fully saturated rings. The number of aryl methyl sites for hydroxylation is 1. The monoisotopic (exact) mass is 364 g/mol. The first-order valence-electron chi connectivity index (χ1n) is 8.75. The van der Waals surface area contributed by atoms with Crippen molar-refractivity contribution in [3.8, 4) is 11.5 Å². The van der Waals surface area contributed by atoms with E-state index in [2.05, 4.69) is 39.7 Å². The van der Waals surface area contributed by atoms with Crippen LogP contribution in [-0.4, -0.2) is 24.2 Å². The van der Waals surface area contributed by atoms with E-state index in [0.717, 1.165) is 17.2 Å². The van der Waals surface area contributed by atoms with E-state index in [1.165, 1.54) is 5.56 Å². The van der Waals surface area contributed by atoms with Gasteiger partial charge in [0.05, 0.1) is 14.2 Å². The third-order valence-corrected chi connectivity index (χ3v) is 4.16. The van der Waals surface area contributed by atoms with Gasteiger partial charge in [-0.2, -0.15) is 4.98 Å². The van der Waals surface area contributed by atoms with Gasteiger partial charge in [-0.25, -0.2) is 4.98 Å². The molecule has 3 aromatic rings. The molecule has 0 aliphatic carbocycles. The van der Waals surface area contributed by atoms with E-state index < -0.39 is 0 Å². The number of hydrogen-bond donors (Lipinski definition) is 2. The smallest absolute Gasteiger partial charge is 0.229 e. The lowest BCUT2D eigenvalue weighted by molar-refractivity contribution is 0.355. The summed E-state index contributed by atoms with van der Waals surface area (Å²) in [5.41, 5.74) is 2.89. The molecule has 3 rings (SSSR count). The summed E-state index contributed by atoms with van der Waals surface area (Å²) in [6.07, 6.45) is 0. The normalized spacial score (nSPS) is 11.6. The van der Waals surface area contributed by atoms with Crippen molar-refractivity contribution in [2.75, 3.05) is 24.9 Å². The van der Waals surface area contributed by atoms with Gasteiger partial charge in [-0.1, -0.05) is 30.3 Å². The predicted molar refractivity (Wildman–Crippen MR) is 108 cm³/mol. The predicted octanol–water partition coefficient (Wildman–Crippen LogP) is 4.72. The summed E-state index contributed by atoms with van der Waals surface area (Å²) in [5, 5.41) is 6.66. The van der Waals surface area contributed by atoms with E-state index in [-0.39, 0.29) is 6.04 Å². The Hall–Kier alpha value is -3.28. The van der Waals surface area contributed by atoms with E-state index in [1.54, 1.807) is 14.2 Å². The molecule has 0 aliphatic heterocycles. The molecule has 2 N–H and O–H groups in total. The fourth-order valence-corrected chi connectivity index (χ4v) is 2.79. The molecule has 0 saturated carbocycles. The average Bonchev–Trinajstić information content (AvgIpc) is 2.68. The number of rotatable bonds is 7. The van der Waals surface area contributed by atoms with Gasteiger partial charge in [0.2, 0.25) is 5.95 Å². The lowest BCUT2D eigenvalue weighted by Crippen LogP contribution is -2.10. The van der Waals surface area contributed by atoms with Crippen LogP contribution in [0.3, 0.4) is 0 Å². The summed E-state index contributed by atoms with van der Waals surface area (Å²) in [5.74, 6) is 2.60. The fourth-order valence-electron chi connectivity index (χ4n) is 2.79. The van der Waals surface area contributed by atoms with Gasteiger partial charge >= 0.3 is 0 Å². The maximum absolute atomic E-state index is 5.35. The van der Waals surface area contributed by atoms with Crippen LogP contribution in [0.1, 0.15) is 24.2 Å². The molecule has 0 saturated heterocycles. The number of anilines is 3. The lowest BCUT2D eigenvalue weighted by atomic mass is 10.1. The summed E-state index contributed by atoms with van der Waals surface area (Å²) in [6.45, 7) is 4.05. The SMILES string of the molecule is COc1ccc(Nc2nc(C)cc(NC(C)c3ccccc3)n2)cc1OC. The molecule has 6 heteroatoms. The molecule has 2 aromatic carbocycles. The van der Waals surface area contributed by atoms with E-state index in [4.69, 9.17) is 9.47 Å². The number of benzene rings is 2. The van der Waals surface area contributed by atoms with Crippen molar-refractivity contribution in [2.24, 2.45) is 0 Å². The molecular formula is C21H24N4O2. The van der Waals surface area contributed by atoms with Gasteiger partial charge in [-0.15, -0.1) is 0 Å². The van der Waals surface area contributed by atoms with Crippen LogP contribution >= 0.6 is 0 Å². The van der Waals surface area contributed by atoms with Crippen LogP contribution in [0, 0.1) is 6.92 Å². The molecule has 1 heterocycles. The second-order valence-electron chi connectivity index (χ2n) is 6.19. The molecule has 1 atom stereocenters. The Kier molecular flexibility index (Phi) is 5.76. The molecule has 0 amide bonds. The highest BCUT2D eigenvalue weighted by molar-refractivity contribution is 5.60.